The van der Waals surface area contributed by atoms with Gasteiger partial charge in [-0.3, -0.25) is 4.68 Å². The minimum atomic E-state index is -5.46. The van der Waals surface area contributed by atoms with E-state index in [1.54, 1.807) is 0 Å². The number of nitrogens with zero attached hydrogens (tertiary/aromatic N) is 2. The van der Waals surface area contributed by atoms with Gasteiger partial charge in [0.05, 0.1) is 25.0 Å². The van der Waals surface area contributed by atoms with Crippen molar-refractivity contribution < 1.29 is 31.1 Å². The number of ether oxygens (including phenoxy) is 1. The lowest BCUT2D eigenvalue weighted by Crippen LogP contribution is -2.45. The molecule has 0 saturated carbocycles. The second-order valence-electron chi connectivity index (χ2n) is 4.05. The summed E-state index contributed by atoms with van der Waals surface area (Å²) in [7, 11) is 3.40. The number of hydrogen-bond acceptors (Lipinski definition) is 3. The second-order valence-corrected chi connectivity index (χ2v) is 4.05. The number of aromatic nitrogens is 2. The first kappa shape index (κ1) is 16.6. The largest absolute Gasteiger partial charge is 0.493 e. The van der Waals surface area contributed by atoms with Gasteiger partial charge < -0.3 is 10.1 Å². The monoisotopic (exact) mass is 305 g/mol. The highest BCUT2D eigenvalue weighted by Crippen LogP contribution is 2.47. The van der Waals surface area contributed by atoms with Gasteiger partial charge in [0.15, 0.2) is 11.7 Å². The Morgan fingerprint density at radius 3 is 2.05 bits per heavy atom. The molecule has 20 heavy (non-hydrogen) atoms. The van der Waals surface area contributed by atoms with Crippen LogP contribution in [0.3, 0.4) is 0 Å². The summed E-state index contributed by atoms with van der Waals surface area (Å²) in [4.78, 5) is 0. The number of methoxy groups -OCH3 is 1. The van der Waals surface area contributed by atoms with E-state index in [1.165, 1.54) is 7.05 Å². The molecular formula is C10H13F6N3O. The Hall–Kier alpha value is -1.45. The predicted octanol–water partition coefficient (Wildman–Crippen LogP) is 2.43. The Morgan fingerprint density at radius 1 is 1.20 bits per heavy atom. The molecule has 0 aromatic carbocycles. The van der Waals surface area contributed by atoms with Crippen LogP contribution in [0.2, 0.25) is 0 Å². The standard InChI is InChI=1S/C10H13F6N3O/c1-17-6(7-5(20-3)4-18-19(7)2)8(9(11,12)13)10(14,15)16/h4,6,8,17H,1-3H3. The summed E-state index contributed by atoms with van der Waals surface area (Å²) in [6.45, 7) is 0. The van der Waals surface area contributed by atoms with Crippen LogP contribution in [0.1, 0.15) is 11.7 Å². The molecule has 116 valence electrons. The van der Waals surface area contributed by atoms with Crippen LogP contribution in [-0.2, 0) is 7.05 Å². The average molecular weight is 305 g/mol. The molecule has 10 heteroatoms. The number of hydrogen-bond donors (Lipinski definition) is 1. The van der Waals surface area contributed by atoms with E-state index >= 15 is 0 Å². The molecule has 0 aliphatic carbocycles. The van der Waals surface area contributed by atoms with Crippen molar-refractivity contribution in [2.45, 2.75) is 18.4 Å². The first-order valence-electron chi connectivity index (χ1n) is 5.40. The van der Waals surface area contributed by atoms with Crippen LogP contribution in [0.15, 0.2) is 6.20 Å². The van der Waals surface area contributed by atoms with Crippen molar-refractivity contribution in [2.24, 2.45) is 13.0 Å². The van der Waals surface area contributed by atoms with E-state index in [9.17, 15) is 26.3 Å². The third-order valence-electron chi connectivity index (χ3n) is 2.81. The smallest absolute Gasteiger partial charge is 0.402 e. The zero-order valence-corrected chi connectivity index (χ0v) is 10.8. The van der Waals surface area contributed by atoms with Gasteiger partial charge in [0, 0.05) is 7.05 Å². The number of nitrogens with one attached hydrogen (secondary N) is 1. The Bertz CT molecular complexity index is 439. The maximum atomic E-state index is 12.8. The highest BCUT2D eigenvalue weighted by atomic mass is 19.4. The molecule has 1 heterocycles. The van der Waals surface area contributed by atoms with Crippen molar-refractivity contribution in [3.05, 3.63) is 11.9 Å². The average Bonchev–Trinajstić information content (AvgIpc) is 2.63. The Kier molecular flexibility index (Phi) is 4.57. The van der Waals surface area contributed by atoms with Gasteiger partial charge >= 0.3 is 12.4 Å². The molecule has 0 fully saturated rings. The molecule has 1 aromatic rings. The summed E-state index contributed by atoms with van der Waals surface area (Å²) in [5.41, 5.74) is -0.324. The molecular weight excluding hydrogens is 292 g/mol. The molecule has 1 aromatic heterocycles. The molecule has 0 aliphatic rings. The van der Waals surface area contributed by atoms with Crippen molar-refractivity contribution in [1.82, 2.24) is 15.1 Å². The van der Waals surface area contributed by atoms with Crippen molar-refractivity contribution in [1.29, 1.82) is 0 Å². The summed E-state index contributed by atoms with van der Waals surface area (Å²) >= 11 is 0. The van der Waals surface area contributed by atoms with Crippen LogP contribution in [0.25, 0.3) is 0 Å². The fourth-order valence-electron chi connectivity index (χ4n) is 1.96. The molecule has 0 amide bonds. The molecule has 0 aliphatic heterocycles. The number of rotatable bonds is 4. The molecule has 1 unspecified atom stereocenters. The minimum Gasteiger partial charge on any atom is -0.493 e. The summed E-state index contributed by atoms with van der Waals surface area (Å²) in [5.74, 6) is -3.71. The maximum absolute atomic E-state index is 12.8. The van der Waals surface area contributed by atoms with Crippen LogP contribution in [0, 0.1) is 5.92 Å². The van der Waals surface area contributed by atoms with Crippen LogP contribution < -0.4 is 10.1 Å². The van der Waals surface area contributed by atoms with Crippen molar-refractivity contribution in [3.63, 3.8) is 0 Å². The van der Waals surface area contributed by atoms with E-state index in [2.05, 4.69) is 10.4 Å². The van der Waals surface area contributed by atoms with E-state index < -0.39 is 24.3 Å². The van der Waals surface area contributed by atoms with Crippen LogP contribution in [0.4, 0.5) is 26.3 Å². The van der Waals surface area contributed by atoms with E-state index in [0.717, 1.165) is 25.0 Å². The predicted molar refractivity (Wildman–Crippen MR) is 57.2 cm³/mol. The Balaban J connectivity index is 3.38. The molecule has 0 bridgehead atoms. The topological polar surface area (TPSA) is 39.1 Å². The third-order valence-corrected chi connectivity index (χ3v) is 2.81. The molecule has 0 saturated heterocycles. The number of halogens is 6. The quantitative estimate of drug-likeness (QED) is 0.868. The lowest BCUT2D eigenvalue weighted by molar-refractivity contribution is -0.292. The minimum absolute atomic E-state index is 0.148. The zero-order chi connectivity index (χ0) is 15.7. The van der Waals surface area contributed by atoms with Gasteiger partial charge in [-0.2, -0.15) is 31.4 Å². The van der Waals surface area contributed by atoms with Gasteiger partial charge in [0.1, 0.15) is 0 Å². The van der Waals surface area contributed by atoms with Crippen molar-refractivity contribution in [3.8, 4) is 5.75 Å². The normalized spacial score (nSPS) is 14.7. The van der Waals surface area contributed by atoms with Crippen LogP contribution in [-0.4, -0.2) is 36.3 Å². The fraction of sp³-hybridized carbons (Fsp3) is 0.700. The lowest BCUT2D eigenvalue weighted by Gasteiger charge is -2.30. The molecule has 0 radical (unpaired) electrons. The Labute approximate surface area is 110 Å². The summed E-state index contributed by atoms with van der Waals surface area (Å²) in [6.07, 6.45) is -9.86. The van der Waals surface area contributed by atoms with Crippen molar-refractivity contribution in [2.75, 3.05) is 14.2 Å². The van der Waals surface area contributed by atoms with E-state index in [0.29, 0.717) is 0 Å². The summed E-state index contributed by atoms with van der Waals surface area (Å²) in [6, 6.07) is -2.06. The zero-order valence-electron chi connectivity index (χ0n) is 10.8. The molecule has 4 nitrogen and oxygen atoms in total. The maximum Gasteiger partial charge on any atom is 0.402 e. The number of alkyl halides is 6. The molecule has 0 spiro atoms. The van der Waals surface area contributed by atoms with Gasteiger partial charge in [0.25, 0.3) is 0 Å². The summed E-state index contributed by atoms with van der Waals surface area (Å²) < 4.78 is 82.4. The highest BCUT2D eigenvalue weighted by molar-refractivity contribution is 5.29. The first-order chi connectivity index (χ1) is 9.04. The third kappa shape index (κ3) is 3.17. The van der Waals surface area contributed by atoms with E-state index in [4.69, 9.17) is 4.74 Å². The van der Waals surface area contributed by atoms with Crippen LogP contribution in [0.5, 0.6) is 5.75 Å². The lowest BCUT2D eigenvalue weighted by atomic mass is 9.95. The van der Waals surface area contributed by atoms with E-state index in [-0.39, 0.29) is 11.4 Å². The number of aryl methyl sites for hydroxylation is 1. The van der Waals surface area contributed by atoms with Crippen LogP contribution >= 0.6 is 0 Å². The van der Waals surface area contributed by atoms with Gasteiger partial charge in [-0.1, -0.05) is 0 Å². The highest BCUT2D eigenvalue weighted by Gasteiger charge is 2.61. The molecule has 1 atom stereocenters. The van der Waals surface area contributed by atoms with Gasteiger partial charge in [-0.15, -0.1) is 0 Å². The SMILES string of the molecule is CNC(c1c(OC)cnn1C)C(C(F)(F)F)C(F)(F)F. The van der Waals surface area contributed by atoms with E-state index in [1.807, 2.05) is 0 Å². The summed E-state index contributed by atoms with van der Waals surface area (Å²) in [5, 5.41) is 5.67. The van der Waals surface area contributed by atoms with Crippen molar-refractivity contribution >= 4 is 0 Å². The molecule has 1 N–H and O–H groups in total. The first-order valence-corrected chi connectivity index (χ1v) is 5.40. The molecule has 1 rings (SSSR count). The van der Waals surface area contributed by atoms with Gasteiger partial charge in [-0.25, -0.2) is 0 Å². The fourth-order valence-corrected chi connectivity index (χ4v) is 1.96. The Morgan fingerprint density at radius 2 is 1.70 bits per heavy atom. The van der Waals surface area contributed by atoms with Gasteiger partial charge in [-0.05, 0) is 7.05 Å². The van der Waals surface area contributed by atoms with Gasteiger partial charge in [0.2, 0.25) is 0 Å². The second kappa shape index (κ2) is 5.51.